The maximum Gasteiger partial charge on any atom is 0.129 e. The first-order valence-electron chi connectivity index (χ1n) is 7.35. The molecular formula is C18H16BrN3. The highest BCUT2D eigenvalue weighted by atomic mass is 79.9. The predicted octanol–water partition coefficient (Wildman–Crippen LogP) is 3.91. The highest BCUT2D eigenvalue weighted by Gasteiger charge is 2.43. The standard InChI is InChI=1S/C18H16BrN3/c19-15-7-3-2-6-14(15)18(10-11-21-17(18)20)22-12-9-13-5-1-4-8-16(13)22/h1-9,12H,10-11H2,(H2,20,21). The molecular weight excluding hydrogens is 338 g/mol. The predicted molar refractivity (Wildman–Crippen MR) is 94.3 cm³/mol. The van der Waals surface area contributed by atoms with Crippen molar-refractivity contribution < 1.29 is 0 Å². The molecule has 1 aromatic heterocycles. The van der Waals surface area contributed by atoms with Gasteiger partial charge in [0.15, 0.2) is 0 Å². The third-order valence-corrected chi connectivity index (χ3v) is 5.20. The second-order valence-corrected chi connectivity index (χ2v) is 6.46. The van der Waals surface area contributed by atoms with Crippen molar-refractivity contribution in [1.82, 2.24) is 4.57 Å². The Morgan fingerprint density at radius 1 is 1.05 bits per heavy atom. The van der Waals surface area contributed by atoms with Crippen LogP contribution in [0.15, 0.2) is 70.3 Å². The van der Waals surface area contributed by atoms with E-state index in [1.807, 2.05) is 6.07 Å². The lowest BCUT2D eigenvalue weighted by Crippen LogP contribution is -2.44. The van der Waals surface area contributed by atoms with Gasteiger partial charge in [-0.3, -0.25) is 4.99 Å². The summed E-state index contributed by atoms with van der Waals surface area (Å²) in [5, 5.41) is 1.22. The first-order chi connectivity index (χ1) is 10.7. The minimum atomic E-state index is -0.413. The van der Waals surface area contributed by atoms with Gasteiger partial charge in [-0.05, 0) is 29.1 Å². The van der Waals surface area contributed by atoms with Gasteiger partial charge < -0.3 is 10.3 Å². The fourth-order valence-electron chi connectivity index (χ4n) is 3.46. The molecule has 110 valence electrons. The molecule has 3 aromatic rings. The van der Waals surface area contributed by atoms with Crippen molar-refractivity contribution in [1.29, 1.82) is 0 Å². The lowest BCUT2D eigenvalue weighted by atomic mass is 9.86. The summed E-state index contributed by atoms with van der Waals surface area (Å²) in [5.74, 6) is 0.681. The molecule has 1 atom stereocenters. The minimum absolute atomic E-state index is 0.413. The average Bonchev–Trinajstić information content (AvgIpc) is 3.12. The van der Waals surface area contributed by atoms with Gasteiger partial charge in [-0.25, -0.2) is 0 Å². The first-order valence-corrected chi connectivity index (χ1v) is 8.15. The van der Waals surface area contributed by atoms with Crippen LogP contribution in [0.3, 0.4) is 0 Å². The van der Waals surface area contributed by atoms with Gasteiger partial charge in [0.1, 0.15) is 11.4 Å². The molecule has 0 saturated heterocycles. The number of nitrogens with two attached hydrogens (primary N) is 1. The van der Waals surface area contributed by atoms with Gasteiger partial charge in [-0.15, -0.1) is 0 Å². The van der Waals surface area contributed by atoms with E-state index in [1.165, 1.54) is 10.9 Å². The Hall–Kier alpha value is -2.07. The van der Waals surface area contributed by atoms with Crippen LogP contribution >= 0.6 is 15.9 Å². The summed E-state index contributed by atoms with van der Waals surface area (Å²) in [7, 11) is 0. The molecule has 1 aliphatic heterocycles. The largest absolute Gasteiger partial charge is 0.385 e. The number of fused-ring (bicyclic) bond motifs is 1. The Morgan fingerprint density at radius 2 is 1.82 bits per heavy atom. The van der Waals surface area contributed by atoms with Gasteiger partial charge in [0, 0.05) is 29.2 Å². The summed E-state index contributed by atoms with van der Waals surface area (Å²) < 4.78 is 3.33. The summed E-state index contributed by atoms with van der Waals surface area (Å²) in [5.41, 5.74) is 8.33. The molecule has 0 amide bonds. The van der Waals surface area contributed by atoms with Crippen LogP contribution in [0.25, 0.3) is 10.9 Å². The van der Waals surface area contributed by atoms with E-state index in [4.69, 9.17) is 5.73 Å². The summed E-state index contributed by atoms with van der Waals surface area (Å²) in [6.45, 7) is 0.750. The number of hydrogen-bond donors (Lipinski definition) is 1. The molecule has 4 rings (SSSR count). The Bertz CT molecular complexity index is 881. The van der Waals surface area contributed by atoms with E-state index in [2.05, 4.69) is 80.2 Å². The van der Waals surface area contributed by atoms with Crippen LogP contribution in [-0.4, -0.2) is 16.9 Å². The van der Waals surface area contributed by atoms with Crippen LogP contribution in [0.4, 0.5) is 0 Å². The monoisotopic (exact) mass is 353 g/mol. The topological polar surface area (TPSA) is 43.3 Å². The molecule has 2 heterocycles. The fraction of sp³-hybridized carbons (Fsp3) is 0.167. The van der Waals surface area contributed by atoms with Crippen LogP contribution < -0.4 is 5.73 Å². The second kappa shape index (κ2) is 4.99. The number of nitrogens with zero attached hydrogens (tertiary/aromatic N) is 2. The molecule has 2 aromatic carbocycles. The van der Waals surface area contributed by atoms with Crippen molar-refractivity contribution >= 4 is 32.7 Å². The second-order valence-electron chi connectivity index (χ2n) is 5.60. The molecule has 2 N–H and O–H groups in total. The number of aromatic nitrogens is 1. The normalized spacial score (nSPS) is 21.2. The van der Waals surface area contributed by atoms with E-state index in [0.29, 0.717) is 5.84 Å². The van der Waals surface area contributed by atoms with Gasteiger partial charge in [0.05, 0.1) is 0 Å². The molecule has 1 unspecified atom stereocenters. The van der Waals surface area contributed by atoms with Gasteiger partial charge in [0.25, 0.3) is 0 Å². The molecule has 22 heavy (non-hydrogen) atoms. The smallest absolute Gasteiger partial charge is 0.129 e. The first kappa shape index (κ1) is 13.6. The molecule has 0 spiro atoms. The van der Waals surface area contributed by atoms with Crippen LogP contribution in [-0.2, 0) is 5.54 Å². The quantitative estimate of drug-likeness (QED) is 0.745. The van der Waals surface area contributed by atoms with Gasteiger partial charge in [-0.2, -0.15) is 0 Å². The Balaban J connectivity index is 2.05. The van der Waals surface area contributed by atoms with Crippen molar-refractivity contribution in [2.24, 2.45) is 10.7 Å². The Morgan fingerprint density at radius 3 is 2.59 bits per heavy atom. The number of aliphatic imine (C=N–C) groups is 1. The number of hydrogen-bond acceptors (Lipinski definition) is 2. The molecule has 0 fully saturated rings. The molecule has 0 bridgehead atoms. The number of benzene rings is 2. The molecule has 1 aliphatic rings. The summed E-state index contributed by atoms with van der Waals surface area (Å²) in [6, 6.07) is 18.8. The maximum absolute atomic E-state index is 6.41. The average molecular weight is 354 g/mol. The van der Waals surface area contributed by atoms with E-state index >= 15 is 0 Å². The highest BCUT2D eigenvalue weighted by Crippen LogP contribution is 2.40. The van der Waals surface area contributed by atoms with Crippen molar-refractivity contribution in [3.8, 4) is 0 Å². The molecule has 4 heteroatoms. The van der Waals surface area contributed by atoms with Gasteiger partial charge in [-0.1, -0.05) is 52.3 Å². The number of amidine groups is 1. The van der Waals surface area contributed by atoms with Gasteiger partial charge >= 0.3 is 0 Å². The molecule has 0 saturated carbocycles. The lowest BCUT2D eigenvalue weighted by molar-refractivity contribution is 0.489. The summed E-state index contributed by atoms with van der Waals surface area (Å²) >= 11 is 3.69. The van der Waals surface area contributed by atoms with Crippen LogP contribution in [0.5, 0.6) is 0 Å². The summed E-state index contributed by atoms with van der Waals surface area (Å²) in [4.78, 5) is 4.52. The number of para-hydroxylation sites is 1. The fourth-order valence-corrected chi connectivity index (χ4v) is 4.07. The van der Waals surface area contributed by atoms with E-state index in [-0.39, 0.29) is 0 Å². The minimum Gasteiger partial charge on any atom is -0.385 e. The third kappa shape index (κ3) is 1.77. The summed E-state index contributed by atoms with van der Waals surface area (Å²) in [6.07, 6.45) is 3.00. The molecule has 3 nitrogen and oxygen atoms in total. The molecule has 0 radical (unpaired) electrons. The van der Waals surface area contributed by atoms with Crippen LogP contribution in [0.2, 0.25) is 0 Å². The van der Waals surface area contributed by atoms with Crippen LogP contribution in [0.1, 0.15) is 12.0 Å². The zero-order valence-electron chi connectivity index (χ0n) is 12.0. The van der Waals surface area contributed by atoms with E-state index in [9.17, 15) is 0 Å². The third-order valence-electron chi connectivity index (χ3n) is 4.51. The number of rotatable bonds is 2. The van der Waals surface area contributed by atoms with E-state index in [0.717, 1.165) is 23.0 Å². The van der Waals surface area contributed by atoms with Crippen molar-refractivity contribution in [3.05, 3.63) is 70.8 Å². The maximum atomic E-state index is 6.41. The zero-order valence-corrected chi connectivity index (χ0v) is 13.6. The Kier molecular flexibility index (Phi) is 3.08. The van der Waals surface area contributed by atoms with Crippen LogP contribution in [0, 0.1) is 0 Å². The van der Waals surface area contributed by atoms with Crippen molar-refractivity contribution in [2.75, 3.05) is 6.54 Å². The molecule has 0 aliphatic carbocycles. The van der Waals surface area contributed by atoms with Crippen molar-refractivity contribution in [3.63, 3.8) is 0 Å². The van der Waals surface area contributed by atoms with Gasteiger partial charge in [0.2, 0.25) is 0 Å². The highest BCUT2D eigenvalue weighted by molar-refractivity contribution is 9.10. The van der Waals surface area contributed by atoms with Crippen molar-refractivity contribution in [2.45, 2.75) is 12.0 Å². The number of halogens is 1. The lowest BCUT2D eigenvalue weighted by Gasteiger charge is -2.33. The Labute approximate surface area is 137 Å². The van der Waals surface area contributed by atoms with E-state index < -0.39 is 5.54 Å². The SMILES string of the molecule is NC1=NCCC1(c1ccccc1Br)n1ccc2ccccc21. The zero-order chi connectivity index (χ0) is 15.2. The van der Waals surface area contributed by atoms with E-state index in [1.54, 1.807) is 0 Å².